The summed E-state index contributed by atoms with van der Waals surface area (Å²) in [4.78, 5) is 2.73. The Morgan fingerprint density at radius 1 is 1.17 bits per heavy atom. The number of aryl methyl sites for hydroxylation is 2. The first-order valence-corrected chi connectivity index (χ1v) is 10.2. The maximum atomic E-state index is 12.5. The Kier molecular flexibility index (Phi) is 5.59. The maximum Gasteiger partial charge on any atom is 0.245 e. The highest BCUT2D eigenvalue weighted by Crippen LogP contribution is 2.24. The van der Waals surface area contributed by atoms with Gasteiger partial charge in [-0.15, -0.1) is 0 Å². The predicted molar refractivity (Wildman–Crippen MR) is 89.3 cm³/mol. The first kappa shape index (κ1) is 17.8. The van der Waals surface area contributed by atoms with Crippen LogP contribution < -0.4 is 4.72 Å². The summed E-state index contributed by atoms with van der Waals surface area (Å²) in [5, 5.41) is 3.73. The molecule has 0 radical (unpaired) electrons. The van der Waals surface area contributed by atoms with Crippen molar-refractivity contribution in [1.29, 1.82) is 0 Å². The molecule has 1 N–H and O–H groups in total. The topological polar surface area (TPSA) is 84.7 Å². The third-order valence-electron chi connectivity index (χ3n) is 5.15. The zero-order valence-electron chi connectivity index (χ0n) is 14.5. The van der Waals surface area contributed by atoms with Crippen LogP contribution in [-0.4, -0.2) is 57.4 Å². The lowest BCUT2D eigenvalue weighted by Gasteiger charge is -2.39. The number of hydrogen-bond donors (Lipinski definition) is 1. The van der Waals surface area contributed by atoms with E-state index >= 15 is 0 Å². The van der Waals surface area contributed by atoms with Gasteiger partial charge in [-0.25, -0.2) is 13.1 Å². The van der Waals surface area contributed by atoms with Crippen LogP contribution in [0.4, 0.5) is 0 Å². The molecule has 0 unspecified atom stereocenters. The van der Waals surface area contributed by atoms with Crippen LogP contribution in [0.15, 0.2) is 9.42 Å². The molecule has 24 heavy (non-hydrogen) atoms. The minimum atomic E-state index is -3.55. The molecule has 0 aliphatic carbocycles. The van der Waals surface area contributed by atoms with Gasteiger partial charge in [0.05, 0.1) is 0 Å². The number of rotatable bonds is 5. The summed E-state index contributed by atoms with van der Waals surface area (Å²) in [7, 11) is -3.55. The van der Waals surface area contributed by atoms with E-state index in [0.717, 1.165) is 52.0 Å². The van der Waals surface area contributed by atoms with Gasteiger partial charge in [0.1, 0.15) is 10.6 Å². The van der Waals surface area contributed by atoms with Gasteiger partial charge in [-0.05, 0) is 58.5 Å². The van der Waals surface area contributed by atoms with E-state index in [9.17, 15) is 8.42 Å². The summed E-state index contributed by atoms with van der Waals surface area (Å²) in [6.45, 7) is 7.57. The molecule has 136 valence electrons. The zero-order chi connectivity index (χ0) is 17.2. The predicted octanol–water partition coefficient (Wildman–Crippen LogP) is 1.46. The fourth-order valence-corrected chi connectivity index (χ4v) is 5.17. The molecule has 1 aromatic rings. The second-order valence-electron chi connectivity index (χ2n) is 6.83. The van der Waals surface area contributed by atoms with Crippen LogP contribution in [0.25, 0.3) is 0 Å². The molecule has 0 bridgehead atoms. The summed E-state index contributed by atoms with van der Waals surface area (Å²) in [5.74, 6) is 0.727. The molecule has 2 fully saturated rings. The molecule has 3 heterocycles. The molecule has 8 heteroatoms. The van der Waals surface area contributed by atoms with Gasteiger partial charge < -0.3 is 14.2 Å². The molecule has 0 spiro atoms. The van der Waals surface area contributed by atoms with Gasteiger partial charge in [-0.1, -0.05) is 5.16 Å². The van der Waals surface area contributed by atoms with Crippen molar-refractivity contribution in [3.8, 4) is 0 Å². The molecule has 1 aromatic heterocycles. The lowest BCUT2D eigenvalue weighted by molar-refractivity contribution is 0.0214. The normalized spacial score (nSPS) is 22.1. The fourth-order valence-electron chi connectivity index (χ4n) is 3.73. The quantitative estimate of drug-likeness (QED) is 0.859. The van der Waals surface area contributed by atoms with E-state index in [0.29, 0.717) is 30.0 Å². The number of nitrogens with zero attached hydrogens (tertiary/aromatic N) is 2. The standard InChI is InChI=1S/C16H27N3O4S/c1-12-16(13(2)23-18-12)24(20,21)17-11-14-3-7-19(8-4-14)15-5-9-22-10-6-15/h14-15,17H,3-11H2,1-2H3. The summed E-state index contributed by atoms with van der Waals surface area (Å²) in [6, 6.07) is 0.638. The molecule has 2 aliphatic rings. The van der Waals surface area contributed by atoms with E-state index < -0.39 is 10.0 Å². The van der Waals surface area contributed by atoms with Gasteiger partial charge in [-0.3, -0.25) is 0 Å². The van der Waals surface area contributed by atoms with Crippen LogP contribution in [0.3, 0.4) is 0 Å². The molecule has 3 rings (SSSR count). The number of nitrogens with one attached hydrogen (secondary N) is 1. The SMILES string of the molecule is Cc1noc(C)c1S(=O)(=O)NCC1CCN(C2CCOCC2)CC1. The fraction of sp³-hybridized carbons (Fsp3) is 0.812. The van der Waals surface area contributed by atoms with E-state index in [2.05, 4.69) is 14.8 Å². The number of piperidine rings is 1. The van der Waals surface area contributed by atoms with Crippen molar-refractivity contribution < 1.29 is 17.7 Å². The zero-order valence-corrected chi connectivity index (χ0v) is 15.3. The minimum absolute atomic E-state index is 0.183. The van der Waals surface area contributed by atoms with Crippen LogP contribution in [0.1, 0.15) is 37.1 Å². The Bertz CT molecular complexity index is 625. The van der Waals surface area contributed by atoms with E-state index in [1.165, 1.54) is 0 Å². The lowest BCUT2D eigenvalue weighted by atomic mass is 9.94. The van der Waals surface area contributed by atoms with Crippen molar-refractivity contribution in [2.24, 2.45) is 5.92 Å². The van der Waals surface area contributed by atoms with Crippen molar-refractivity contribution in [2.45, 2.75) is 50.5 Å². The molecule has 2 aliphatic heterocycles. The van der Waals surface area contributed by atoms with Crippen LogP contribution in [0.5, 0.6) is 0 Å². The Labute approximate surface area is 143 Å². The highest BCUT2D eigenvalue weighted by atomic mass is 32.2. The summed E-state index contributed by atoms with van der Waals surface area (Å²) in [6.07, 6.45) is 4.29. The van der Waals surface area contributed by atoms with Crippen molar-refractivity contribution in [3.63, 3.8) is 0 Å². The molecule has 0 amide bonds. The number of ether oxygens (including phenoxy) is 1. The van der Waals surface area contributed by atoms with E-state index in [-0.39, 0.29) is 4.90 Å². The minimum Gasteiger partial charge on any atom is -0.381 e. The van der Waals surface area contributed by atoms with Gasteiger partial charge in [0.25, 0.3) is 0 Å². The van der Waals surface area contributed by atoms with Gasteiger partial charge in [0.2, 0.25) is 10.0 Å². The third-order valence-corrected chi connectivity index (χ3v) is 6.82. The van der Waals surface area contributed by atoms with Crippen LogP contribution in [-0.2, 0) is 14.8 Å². The Hall–Kier alpha value is -0.960. The van der Waals surface area contributed by atoms with Gasteiger partial charge in [-0.2, -0.15) is 0 Å². The van der Waals surface area contributed by atoms with E-state index in [1.807, 2.05) is 0 Å². The maximum absolute atomic E-state index is 12.5. The van der Waals surface area contributed by atoms with Crippen LogP contribution in [0.2, 0.25) is 0 Å². The molecule has 0 saturated carbocycles. The average molecular weight is 357 g/mol. The first-order valence-electron chi connectivity index (χ1n) is 8.71. The highest BCUT2D eigenvalue weighted by Gasteiger charge is 2.29. The number of hydrogen-bond acceptors (Lipinski definition) is 6. The Morgan fingerprint density at radius 3 is 2.42 bits per heavy atom. The Morgan fingerprint density at radius 2 is 1.83 bits per heavy atom. The largest absolute Gasteiger partial charge is 0.381 e. The average Bonchev–Trinajstić information content (AvgIpc) is 2.94. The van der Waals surface area contributed by atoms with E-state index in [1.54, 1.807) is 13.8 Å². The molecule has 0 atom stereocenters. The molecule has 0 aromatic carbocycles. The monoisotopic (exact) mass is 357 g/mol. The third kappa shape index (κ3) is 3.99. The van der Waals surface area contributed by atoms with Crippen molar-refractivity contribution in [2.75, 3.05) is 32.8 Å². The summed E-state index contributed by atoms with van der Waals surface area (Å²) in [5.41, 5.74) is 0.411. The number of sulfonamides is 1. The van der Waals surface area contributed by atoms with Gasteiger partial charge >= 0.3 is 0 Å². The Balaban J connectivity index is 1.50. The van der Waals surface area contributed by atoms with Crippen molar-refractivity contribution >= 4 is 10.0 Å². The summed E-state index contributed by atoms with van der Waals surface area (Å²) >= 11 is 0. The van der Waals surface area contributed by atoms with Crippen LogP contribution in [0, 0.1) is 19.8 Å². The lowest BCUT2D eigenvalue weighted by Crippen LogP contribution is -2.45. The van der Waals surface area contributed by atoms with Crippen molar-refractivity contribution in [1.82, 2.24) is 14.8 Å². The van der Waals surface area contributed by atoms with Gasteiger partial charge in [0.15, 0.2) is 5.76 Å². The smallest absolute Gasteiger partial charge is 0.245 e. The molecule has 2 saturated heterocycles. The summed E-state index contributed by atoms with van der Waals surface area (Å²) < 4.78 is 38.0. The molecule has 7 nitrogen and oxygen atoms in total. The van der Waals surface area contributed by atoms with Gasteiger partial charge in [0, 0.05) is 25.8 Å². The van der Waals surface area contributed by atoms with Crippen LogP contribution >= 0.6 is 0 Å². The highest BCUT2D eigenvalue weighted by molar-refractivity contribution is 7.89. The number of likely N-dealkylation sites (tertiary alicyclic amines) is 1. The second-order valence-corrected chi connectivity index (χ2v) is 8.53. The molecular weight excluding hydrogens is 330 g/mol. The van der Waals surface area contributed by atoms with E-state index in [4.69, 9.17) is 9.26 Å². The second kappa shape index (κ2) is 7.51. The number of aromatic nitrogens is 1. The first-order chi connectivity index (χ1) is 11.5. The van der Waals surface area contributed by atoms with Crippen molar-refractivity contribution in [3.05, 3.63) is 11.5 Å². The molecular formula is C16H27N3O4S.